The van der Waals surface area contributed by atoms with Crippen molar-refractivity contribution in [2.75, 3.05) is 7.11 Å². The van der Waals surface area contributed by atoms with Gasteiger partial charge in [0.25, 0.3) is 0 Å². The molecule has 1 amide bonds. The lowest BCUT2D eigenvalue weighted by molar-refractivity contribution is -0.120. The number of carbonyl (C=O) groups is 2. The molecule has 0 aliphatic carbocycles. The van der Waals surface area contributed by atoms with Crippen LogP contribution in [0.4, 0.5) is 0 Å². The fraction of sp³-hybridized carbons (Fsp3) is 0.250. The van der Waals surface area contributed by atoms with Crippen LogP contribution in [-0.2, 0) is 17.8 Å². The zero-order chi connectivity index (χ0) is 17.0. The summed E-state index contributed by atoms with van der Waals surface area (Å²) < 4.78 is 11.4. The van der Waals surface area contributed by atoms with Crippen LogP contribution in [0.3, 0.4) is 0 Å². The summed E-state index contributed by atoms with van der Waals surface area (Å²) in [6, 6.07) is 6.84. The normalized spacial score (nSPS) is 10.4. The Bertz CT molecular complexity index is 738. The Morgan fingerprint density at radius 2 is 2.09 bits per heavy atom. The Morgan fingerprint density at radius 3 is 2.70 bits per heavy atom. The first-order chi connectivity index (χ1) is 10.9. The molecule has 2 rings (SSSR count). The van der Waals surface area contributed by atoms with E-state index in [0.717, 1.165) is 10.0 Å². The van der Waals surface area contributed by atoms with Crippen LogP contribution in [0, 0.1) is 6.92 Å². The second-order valence-electron chi connectivity index (χ2n) is 4.90. The number of benzene rings is 1. The fourth-order valence-corrected chi connectivity index (χ4v) is 2.56. The lowest BCUT2D eigenvalue weighted by Gasteiger charge is -2.09. The molecule has 0 bridgehead atoms. The van der Waals surface area contributed by atoms with Crippen molar-refractivity contribution >= 4 is 27.8 Å². The maximum atomic E-state index is 12.1. The van der Waals surface area contributed by atoms with Crippen LogP contribution >= 0.6 is 15.9 Å². The fourth-order valence-electron chi connectivity index (χ4n) is 2.15. The van der Waals surface area contributed by atoms with Gasteiger partial charge in [-0.3, -0.25) is 4.79 Å². The number of rotatable bonds is 6. The van der Waals surface area contributed by atoms with Gasteiger partial charge in [-0.15, -0.1) is 0 Å². The predicted molar refractivity (Wildman–Crippen MR) is 86.6 cm³/mol. The first kappa shape index (κ1) is 17.1. The van der Waals surface area contributed by atoms with Crippen LogP contribution in [0.15, 0.2) is 33.2 Å². The summed E-state index contributed by atoms with van der Waals surface area (Å²) in [7, 11) is 1.55. The molecule has 2 N–H and O–H groups in total. The van der Waals surface area contributed by atoms with E-state index >= 15 is 0 Å². The van der Waals surface area contributed by atoms with Gasteiger partial charge in [0, 0.05) is 10.0 Å². The Balaban J connectivity index is 1.99. The van der Waals surface area contributed by atoms with Crippen LogP contribution in [0.2, 0.25) is 0 Å². The first-order valence-corrected chi connectivity index (χ1v) is 7.61. The molecule has 122 valence electrons. The number of carboxylic acid groups (broad SMARTS) is 1. The summed E-state index contributed by atoms with van der Waals surface area (Å²) in [5.74, 6) is 0.0743. The number of amides is 1. The van der Waals surface area contributed by atoms with Gasteiger partial charge in [-0.05, 0) is 31.2 Å². The number of carboxylic acids is 1. The second kappa shape index (κ2) is 7.32. The molecule has 1 heterocycles. The minimum Gasteiger partial charge on any atom is -0.496 e. The van der Waals surface area contributed by atoms with E-state index in [-0.39, 0.29) is 24.4 Å². The highest BCUT2D eigenvalue weighted by atomic mass is 79.9. The van der Waals surface area contributed by atoms with Gasteiger partial charge in [0.05, 0.1) is 20.1 Å². The molecule has 0 aliphatic rings. The Morgan fingerprint density at radius 1 is 1.35 bits per heavy atom. The molecular weight excluding hydrogens is 366 g/mol. The number of hydrogen-bond donors (Lipinski definition) is 2. The number of furan rings is 1. The number of carbonyl (C=O) groups excluding carboxylic acids is 1. The molecule has 0 atom stereocenters. The van der Waals surface area contributed by atoms with Gasteiger partial charge in [0.1, 0.15) is 22.8 Å². The molecule has 0 fully saturated rings. The summed E-state index contributed by atoms with van der Waals surface area (Å²) in [5, 5.41) is 11.7. The molecule has 0 saturated heterocycles. The Labute approximate surface area is 141 Å². The molecule has 2 aromatic rings. The average molecular weight is 382 g/mol. The van der Waals surface area contributed by atoms with Gasteiger partial charge in [0.15, 0.2) is 0 Å². The predicted octanol–water partition coefficient (Wildman–Crippen LogP) is 2.92. The van der Waals surface area contributed by atoms with E-state index in [1.54, 1.807) is 20.1 Å². The van der Waals surface area contributed by atoms with E-state index in [4.69, 9.17) is 14.3 Å². The second-order valence-corrected chi connectivity index (χ2v) is 5.81. The molecular formula is C16H16BrNO5. The monoisotopic (exact) mass is 381 g/mol. The van der Waals surface area contributed by atoms with E-state index in [1.807, 2.05) is 12.1 Å². The van der Waals surface area contributed by atoms with Crippen LogP contribution < -0.4 is 10.1 Å². The van der Waals surface area contributed by atoms with Crippen LogP contribution in [0.1, 0.15) is 27.4 Å². The van der Waals surface area contributed by atoms with Crippen LogP contribution in [0.5, 0.6) is 5.75 Å². The smallest absolute Gasteiger partial charge is 0.339 e. The van der Waals surface area contributed by atoms with Crippen molar-refractivity contribution in [1.29, 1.82) is 0 Å². The zero-order valence-corrected chi connectivity index (χ0v) is 14.3. The topological polar surface area (TPSA) is 88.8 Å². The summed E-state index contributed by atoms with van der Waals surface area (Å²) in [6.45, 7) is 1.70. The van der Waals surface area contributed by atoms with E-state index < -0.39 is 5.97 Å². The molecule has 1 aromatic heterocycles. The molecule has 0 aliphatic heterocycles. The van der Waals surface area contributed by atoms with Gasteiger partial charge >= 0.3 is 5.97 Å². The van der Waals surface area contributed by atoms with Gasteiger partial charge < -0.3 is 19.6 Å². The zero-order valence-electron chi connectivity index (χ0n) is 12.7. The van der Waals surface area contributed by atoms with Gasteiger partial charge in [-0.25, -0.2) is 4.79 Å². The van der Waals surface area contributed by atoms with Crippen molar-refractivity contribution in [2.45, 2.75) is 19.9 Å². The highest BCUT2D eigenvalue weighted by Gasteiger charge is 2.15. The maximum absolute atomic E-state index is 12.1. The lowest BCUT2D eigenvalue weighted by Crippen LogP contribution is -2.24. The standard InChI is InChI=1S/C16H16BrNO5/c1-9-13(16(20)21)7-12(23-9)8-18-15(19)6-10-5-11(17)3-4-14(10)22-2/h3-5,7H,6,8H2,1-2H3,(H,18,19)(H,20,21). The van der Waals surface area contributed by atoms with Gasteiger partial charge in [-0.2, -0.15) is 0 Å². The third-order valence-corrected chi connectivity index (χ3v) is 3.75. The van der Waals surface area contributed by atoms with Crippen molar-refractivity contribution in [1.82, 2.24) is 5.32 Å². The van der Waals surface area contributed by atoms with Crippen molar-refractivity contribution in [3.8, 4) is 5.75 Å². The molecule has 1 aromatic carbocycles. The van der Waals surface area contributed by atoms with E-state index in [2.05, 4.69) is 21.2 Å². The highest BCUT2D eigenvalue weighted by molar-refractivity contribution is 9.10. The van der Waals surface area contributed by atoms with Crippen LogP contribution in [0.25, 0.3) is 0 Å². The minimum absolute atomic E-state index is 0.0999. The number of ether oxygens (including phenoxy) is 1. The summed E-state index contributed by atoms with van der Waals surface area (Å²) in [4.78, 5) is 23.0. The maximum Gasteiger partial charge on any atom is 0.339 e. The Kier molecular flexibility index (Phi) is 5.44. The van der Waals surface area contributed by atoms with Crippen molar-refractivity contribution in [3.05, 3.63) is 51.4 Å². The number of aryl methyl sites for hydroxylation is 1. The quantitative estimate of drug-likeness (QED) is 0.802. The minimum atomic E-state index is -1.05. The number of hydrogen-bond acceptors (Lipinski definition) is 4. The third kappa shape index (κ3) is 4.35. The number of nitrogens with one attached hydrogen (secondary N) is 1. The summed E-state index contributed by atoms with van der Waals surface area (Å²) >= 11 is 3.36. The average Bonchev–Trinajstić information content (AvgIpc) is 2.87. The summed E-state index contributed by atoms with van der Waals surface area (Å²) in [5.41, 5.74) is 0.851. The van der Waals surface area contributed by atoms with E-state index in [0.29, 0.717) is 17.3 Å². The largest absolute Gasteiger partial charge is 0.496 e. The SMILES string of the molecule is COc1ccc(Br)cc1CC(=O)NCc1cc(C(=O)O)c(C)o1. The van der Waals surface area contributed by atoms with Gasteiger partial charge in [0.2, 0.25) is 5.91 Å². The highest BCUT2D eigenvalue weighted by Crippen LogP contribution is 2.23. The van der Waals surface area contributed by atoms with Crippen molar-refractivity contribution < 1.29 is 23.8 Å². The first-order valence-electron chi connectivity index (χ1n) is 6.82. The molecule has 0 radical (unpaired) electrons. The number of halogens is 1. The summed E-state index contributed by atoms with van der Waals surface area (Å²) in [6.07, 6.45) is 0.147. The molecule has 6 nitrogen and oxygen atoms in total. The Hall–Kier alpha value is -2.28. The molecule has 7 heteroatoms. The molecule has 0 unspecified atom stereocenters. The lowest BCUT2D eigenvalue weighted by atomic mass is 10.1. The van der Waals surface area contributed by atoms with Gasteiger partial charge in [-0.1, -0.05) is 15.9 Å². The molecule has 0 saturated carbocycles. The van der Waals surface area contributed by atoms with Crippen LogP contribution in [-0.4, -0.2) is 24.1 Å². The van der Waals surface area contributed by atoms with Crippen molar-refractivity contribution in [2.24, 2.45) is 0 Å². The van der Waals surface area contributed by atoms with E-state index in [9.17, 15) is 9.59 Å². The van der Waals surface area contributed by atoms with E-state index in [1.165, 1.54) is 6.07 Å². The molecule has 0 spiro atoms. The third-order valence-electron chi connectivity index (χ3n) is 3.25. The van der Waals surface area contributed by atoms with Crippen molar-refractivity contribution in [3.63, 3.8) is 0 Å². The number of aromatic carboxylic acids is 1. The number of methoxy groups -OCH3 is 1. The molecule has 23 heavy (non-hydrogen) atoms.